The van der Waals surface area contributed by atoms with Gasteiger partial charge in [0.05, 0.1) is 12.9 Å². The molecule has 0 aliphatic carbocycles. The molecule has 0 fully saturated rings. The summed E-state index contributed by atoms with van der Waals surface area (Å²) in [4.78, 5) is 12.4. The topological polar surface area (TPSA) is 58.6 Å². The van der Waals surface area contributed by atoms with Gasteiger partial charge in [0.25, 0.3) is 0 Å². The van der Waals surface area contributed by atoms with E-state index < -0.39 is 0 Å². The molecule has 0 aliphatic heterocycles. The van der Waals surface area contributed by atoms with E-state index in [2.05, 4.69) is 5.32 Å². The van der Waals surface area contributed by atoms with Crippen molar-refractivity contribution < 1.29 is 14.6 Å². The van der Waals surface area contributed by atoms with Gasteiger partial charge >= 0.3 is 0 Å². The van der Waals surface area contributed by atoms with Gasteiger partial charge in [-0.15, -0.1) is 11.8 Å². The Morgan fingerprint density at radius 1 is 1.41 bits per heavy atom. The fourth-order valence-electron chi connectivity index (χ4n) is 1.18. The molecule has 0 aromatic heterocycles. The number of carbonyl (C=O) groups excluding carboxylic acids is 1. The highest BCUT2D eigenvalue weighted by atomic mass is 32.2. The summed E-state index contributed by atoms with van der Waals surface area (Å²) in [5.41, 5.74) is 0. The van der Waals surface area contributed by atoms with Crippen LogP contribution in [-0.2, 0) is 4.79 Å². The number of carbonyl (C=O) groups is 1. The lowest BCUT2D eigenvalue weighted by Gasteiger charge is -2.04. The number of methoxy groups -OCH3 is 1. The van der Waals surface area contributed by atoms with Crippen LogP contribution < -0.4 is 10.1 Å². The number of benzene rings is 1. The highest BCUT2D eigenvalue weighted by molar-refractivity contribution is 8.00. The first-order valence-electron chi connectivity index (χ1n) is 5.40. The zero-order chi connectivity index (χ0) is 12.5. The minimum atomic E-state index is -0.0146. The summed E-state index contributed by atoms with van der Waals surface area (Å²) in [5.74, 6) is 1.18. The van der Waals surface area contributed by atoms with Crippen molar-refractivity contribution >= 4 is 17.7 Å². The molecule has 0 atom stereocenters. The Morgan fingerprint density at radius 2 is 2.12 bits per heavy atom. The molecule has 0 saturated heterocycles. The number of amides is 1. The Morgan fingerprint density at radius 3 is 2.71 bits per heavy atom. The molecule has 0 bridgehead atoms. The second kappa shape index (κ2) is 7.97. The van der Waals surface area contributed by atoms with Crippen LogP contribution >= 0.6 is 11.8 Å². The van der Waals surface area contributed by atoms with Gasteiger partial charge in [0.15, 0.2) is 0 Å². The monoisotopic (exact) mass is 255 g/mol. The smallest absolute Gasteiger partial charge is 0.230 e. The van der Waals surface area contributed by atoms with Crippen molar-refractivity contribution in [3.63, 3.8) is 0 Å². The van der Waals surface area contributed by atoms with E-state index in [1.165, 1.54) is 11.8 Å². The van der Waals surface area contributed by atoms with Crippen LogP contribution in [0.15, 0.2) is 29.2 Å². The van der Waals surface area contributed by atoms with Gasteiger partial charge in [-0.3, -0.25) is 4.79 Å². The van der Waals surface area contributed by atoms with Crippen molar-refractivity contribution in [1.82, 2.24) is 5.32 Å². The number of ether oxygens (including phenoxy) is 1. The summed E-state index contributed by atoms with van der Waals surface area (Å²) >= 11 is 1.48. The first-order chi connectivity index (χ1) is 8.26. The summed E-state index contributed by atoms with van der Waals surface area (Å²) in [6.07, 6.45) is 0.596. The number of hydrogen-bond acceptors (Lipinski definition) is 4. The van der Waals surface area contributed by atoms with E-state index in [9.17, 15) is 4.79 Å². The molecule has 2 N–H and O–H groups in total. The molecule has 4 nitrogen and oxygen atoms in total. The Balaban J connectivity index is 2.27. The van der Waals surface area contributed by atoms with Crippen molar-refractivity contribution in [1.29, 1.82) is 0 Å². The standard InChI is InChI=1S/C12H17NO3S/c1-16-10-3-5-11(6-4-10)17-9-12(15)13-7-2-8-14/h3-6,14H,2,7-9H2,1H3,(H,13,15). The number of nitrogens with one attached hydrogen (secondary N) is 1. The molecule has 5 heteroatoms. The van der Waals surface area contributed by atoms with E-state index >= 15 is 0 Å². The van der Waals surface area contributed by atoms with Gasteiger partial charge in [0.2, 0.25) is 5.91 Å². The van der Waals surface area contributed by atoms with Crippen LogP contribution in [-0.4, -0.2) is 37.0 Å². The Bertz CT molecular complexity index is 340. The van der Waals surface area contributed by atoms with Gasteiger partial charge < -0.3 is 15.2 Å². The molecule has 17 heavy (non-hydrogen) atoms. The number of aliphatic hydroxyl groups is 1. The van der Waals surface area contributed by atoms with Crippen molar-refractivity contribution in [2.45, 2.75) is 11.3 Å². The van der Waals surface area contributed by atoms with Gasteiger partial charge in [-0.05, 0) is 30.7 Å². The number of aliphatic hydroxyl groups excluding tert-OH is 1. The lowest BCUT2D eigenvalue weighted by Crippen LogP contribution is -2.26. The molecule has 1 amide bonds. The normalized spacial score (nSPS) is 10.0. The molecular weight excluding hydrogens is 238 g/mol. The third-order valence-electron chi connectivity index (χ3n) is 2.09. The SMILES string of the molecule is COc1ccc(SCC(=O)NCCCO)cc1. The molecule has 0 heterocycles. The van der Waals surface area contributed by atoms with E-state index in [0.717, 1.165) is 10.6 Å². The van der Waals surface area contributed by atoms with Gasteiger partial charge in [0.1, 0.15) is 5.75 Å². The van der Waals surface area contributed by atoms with Crippen LogP contribution in [0.4, 0.5) is 0 Å². The van der Waals surface area contributed by atoms with Crippen molar-refractivity contribution in [3.05, 3.63) is 24.3 Å². The predicted octanol–water partition coefficient (Wildman–Crippen LogP) is 1.29. The first-order valence-corrected chi connectivity index (χ1v) is 6.39. The number of thioether (sulfide) groups is 1. The van der Waals surface area contributed by atoms with E-state index in [-0.39, 0.29) is 12.5 Å². The zero-order valence-corrected chi connectivity index (χ0v) is 10.6. The van der Waals surface area contributed by atoms with Crippen LogP contribution in [0.5, 0.6) is 5.75 Å². The van der Waals surface area contributed by atoms with E-state index in [1.54, 1.807) is 7.11 Å². The highest BCUT2D eigenvalue weighted by Gasteiger charge is 2.02. The summed E-state index contributed by atoms with van der Waals surface area (Å²) in [7, 11) is 1.62. The largest absolute Gasteiger partial charge is 0.497 e. The predicted molar refractivity (Wildman–Crippen MR) is 68.4 cm³/mol. The Kier molecular flexibility index (Phi) is 6.50. The van der Waals surface area contributed by atoms with Crippen LogP contribution in [0.1, 0.15) is 6.42 Å². The van der Waals surface area contributed by atoms with Crippen LogP contribution in [0.2, 0.25) is 0 Å². The molecule has 1 aromatic rings. The maximum Gasteiger partial charge on any atom is 0.230 e. The van der Waals surface area contributed by atoms with E-state index in [1.807, 2.05) is 24.3 Å². The maximum atomic E-state index is 11.4. The third-order valence-corrected chi connectivity index (χ3v) is 3.10. The Labute approximate surface area is 105 Å². The summed E-state index contributed by atoms with van der Waals surface area (Å²) in [6, 6.07) is 7.58. The molecule has 0 saturated carbocycles. The van der Waals surface area contributed by atoms with Gasteiger partial charge in [-0.2, -0.15) is 0 Å². The van der Waals surface area contributed by atoms with Gasteiger partial charge in [-0.1, -0.05) is 0 Å². The summed E-state index contributed by atoms with van der Waals surface area (Å²) < 4.78 is 5.05. The molecule has 0 spiro atoms. The van der Waals surface area contributed by atoms with Gasteiger partial charge in [0, 0.05) is 18.0 Å². The second-order valence-electron chi connectivity index (χ2n) is 3.39. The van der Waals surface area contributed by atoms with Crippen molar-refractivity contribution in [3.8, 4) is 5.75 Å². The summed E-state index contributed by atoms with van der Waals surface area (Å²) in [6.45, 7) is 0.629. The average Bonchev–Trinajstić information content (AvgIpc) is 2.37. The quantitative estimate of drug-likeness (QED) is 0.569. The lowest BCUT2D eigenvalue weighted by atomic mass is 10.3. The van der Waals surface area contributed by atoms with Crippen LogP contribution in [0.3, 0.4) is 0 Å². The van der Waals surface area contributed by atoms with E-state index in [4.69, 9.17) is 9.84 Å². The second-order valence-corrected chi connectivity index (χ2v) is 4.44. The van der Waals surface area contributed by atoms with E-state index in [0.29, 0.717) is 18.7 Å². The van der Waals surface area contributed by atoms with Gasteiger partial charge in [-0.25, -0.2) is 0 Å². The lowest BCUT2D eigenvalue weighted by molar-refractivity contribution is -0.118. The molecule has 0 radical (unpaired) electrons. The van der Waals surface area contributed by atoms with Crippen molar-refractivity contribution in [2.24, 2.45) is 0 Å². The molecule has 1 rings (SSSR count). The fraction of sp³-hybridized carbons (Fsp3) is 0.417. The van der Waals surface area contributed by atoms with Crippen molar-refractivity contribution in [2.75, 3.05) is 26.0 Å². The highest BCUT2D eigenvalue weighted by Crippen LogP contribution is 2.20. The number of rotatable bonds is 7. The molecule has 1 aromatic carbocycles. The van der Waals surface area contributed by atoms with Crippen LogP contribution in [0.25, 0.3) is 0 Å². The fourth-order valence-corrected chi connectivity index (χ4v) is 1.91. The molecule has 0 unspecified atom stereocenters. The minimum absolute atomic E-state index is 0.0146. The third kappa shape index (κ3) is 5.60. The maximum absolute atomic E-state index is 11.4. The molecular formula is C12H17NO3S. The number of hydrogen-bond donors (Lipinski definition) is 2. The summed E-state index contributed by atoms with van der Waals surface area (Å²) in [5, 5.41) is 11.3. The average molecular weight is 255 g/mol. The Hall–Kier alpha value is -1.20. The first kappa shape index (κ1) is 13.9. The van der Waals surface area contributed by atoms with Crippen LogP contribution in [0, 0.1) is 0 Å². The zero-order valence-electron chi connectivity index (χ0n) is 9.81. The molecule has 0 aliphatic rings. The molecule has 94 valence electrons. The minimum Gasteiger partial charge on any atom is -0.497 e.